The summed E-state index contributed by atoms with van der Waals surface area (Å²) in [6.07, 6.45) is 1.24. The fourth-order valence-electron chi connectivity index (χ4n) is 2.79. The Morgan fingerprint density at radius 1 is 1.57 bits per heavy atom. The summed E-state index contributed by atoms with van der Waals surface area (Å²) in [5.41, 5.74) is 4.97. The van der Waals surface area contributed by atoms with E-state index in [9.17, 15) is 14.0 Å². The van der Waals surface area contributed by atoms with Gasteiger partial charge in [0.05, 0.1) is 5.39 Å². The molecule has 2 aromatic heterocycles. The summed E-state index contributed by atoms with van der Waals surface area (Å²) >= 11 is 0. The maximum absolute atomic E-state index is 14.4. The first-order valence-corrected chi connectivity index (χ1v) is 7.34. The molecule has 0 aliphatic carbocycles. The van der Waals surface area contributed by atoms with Crippen LogP contribution in [0.3, 0.4) is 0 Å². The number of aryl methyl sites for hydroxylation is 1. The van der Waals surface area contributed by atoms with Crippen molar-refractivity contribution in [3.8, 4) is 0 Å². The van der Waals surface area contributed by atoms with Crippen molar-refractivity contribution in [1.29, 1.82) is 0 Å². The fraction of sp³-hybridized carbons (Fsp3) is 0.400. The molecule has 0 spiro atoms. The van der Waals surface area contributed by atoms with E-state index in [1.807, 2.05) is 6.92 Å². The molecule has 0 bridgehead atoms. The number of pyridine rings is 2. The van der Waals surface area contributed by atoms with E-state index in [0.717, 1.165) is 6.07 Å². The molecule has 0 aromatic carbocycles. The highest BCUT2D eigenvalue weighted by atomic mass is 19.1. The van der Waals surface area contributed by atoms with E-state index in [1.165, 1.54) is 10.8 Å². The molecule has 2 atom stereocenters. The van der Waals surface area contributed by atoms with Gasteiger partial charge in [0, 0.05) is 31.4 Å². The molecule has 1 aliphatic rings. The summed E-state index contributed by atoms with van der Waals surface area (Å²) in [6.45, 7) is 4.56. The van der Waals surface area contributed by atoms with Gasteiger partial charge in [-0.25, -0.2) is 14.2 Å². The molecule has 0 saturated carbocycles. The van der Waals surface area contributed by atoms with Crippen molar-refractivity contribution in [2.24, 2.45) is 5.73 Å². The van der Waals surface area contributed by atoms with Crippen LogP contribution < -0.4 is 16.1 Å². The molecular weight excluding hydrogens is 303 g/mol. The standard InChI is InChI=1S/C15H17FN4O3/c1-3-19-5-9(15(22)23)12(21)8-4-10(16)14(18-13(8)19)20-6-11(17)7(20)2/h4-5,7,11H,3,6,17H2,1-2H3,(H,22,23). The lowest BCUT2D eigenvalue weighted by Crippen LogP contribution is -2.63. The van der Waals surface area contributed by atoms with Gasteiger partial charge in [0.2, 0.25) is 5.43 Å². The summed E-state index contributed by atoms with van der Waals surface area (Å²) in [5.74, 6) is -1.86. The molecule has 3 rings (SSSR count). The second kappa shape index (κ2) is 5.31. The lowest BCUT2D eigenvalue weighted by atomic mass is 9.99. The van der Waals surface area contributed by atoms with Gasteiger partial charge in [0.1, 0.15) is 11.2 Å². The van der Waals surface area contributed by atoms with Crippen LogP contribution in [0.15, 0.2) is 17.1 Å². The van der Waals surface area contributed by atoms with Gasteiger partial charge in [0.25, 0.3) is 0 Å². The van der Waals surface area contributed by atoms with Gasteiger partial charge in [-0.2, -0.15) is 0 Å². The van der Waals surface area contributed by atoms with Crippen LogP contribution in [-0.2, 0) is 6.54 Å². The molecular formula is C15H17FN4O3. The number of hydrogen-bond donors (Lipinski definition) is 2. The Bertz CT molecular complexity index is 864. The Balaban J connectivity index is 2.26. The number of hydrogen-bond acceptors (Lipinski definition) is 5. The zero-order valence-electron chi connectivity index (χ0n) is 12.8. The molecule has 23 heavy (non-hydrogen) atoms. The second-order valence-electron chi connectivity index (χ2n) is 5.68. The van der Waals surface area contributed by atoms with Gasteiger partial charge in [-0.1, -0.05) is 0 Å². The number of halogens is 1. The van der Waals surface area contributed by atoms with Crippen molar-refractivity contribution in [3.63, 3.8) is 0 Å². The number of fused-ring (bicyclic) bond motifs is 1. The number of aromatic carboxylic acids is 1. The Morgan fingerprint density at radius 2 is 2.26 bits per heavy atom. The minimum absolute atomic E-state index is 0.0366. The maximum atomic E-state index is 14.4. The molecule has 7 nitrogen and oxygen atoms in total. The second-order valence-corrected chi connectivity index (χ2v) is 5.68. The number of carbonyl (C=O) groups is 1. The highest BCUT2D eigenvalue weighted by molar-refractivity contribution is 5.92. The van der Waals surface area contributed by atoms with Gasteiger partial charge < -0.3 is 20.3 Å². The van der Waals surface area contributed by atoms with Crippen LogP contribution >= 0.6 is 0 Å². The van der Waals surface area contributed by atoms with E-state index in [2.05, 4.69) is 4.98 Å². The first-order valence-electron chi connectivity index (χ1n) is 7.34. The minimum Gasteiger partial charge on any atom is -0.477 e. The van der Waals surface area contributed by atoms with E-state index in [0.29, 0.717) is 13.1 Å². The number of nitrogens with two attached hydrogens (primary N) is 1. The van der Waals surface area contributed by atoms with Crippen LogP contribution in [0.4, 0.5) is 10.2 Å². The minimum atomic E-state index is -1.34. The number of rotatable bonds is 3. The van der Waals surface area contributed by atoms with Crippen molar-refractivity contribution in [2.75, 3.05) is 11.4 Å². The van der Waals surface area contributed by atoms with Crippen molar-refractivity contribution in [2.45, 2.75) is 32.5 Å². The normalized spacial score (nSPS) is 20.6. The van der Waals surface area contributed by atoms with E-state index < -0.39 is 22.8 Å². The molecule has 1 aliphatic heterocycles. The Hall–Kier alpha value is -2.48. The van der Waals surface area contributed by atoms with Gasteiger partial charge in [-0.3, -0.25) is 4.79 Å². The SMILES string of the molecule is CCn1cc(C(=O)O)c(=O)c2cc(F)c(N3CC(N)C3C)nc21. The van der Waals surface area contributed by atoms with Gasteiger partial charge in [-0.05, 0) is 19.9 Å². The van der Waals surface area contributed by atoms with E-state index in [1.54, 1.807) is 11.8 Å². The predicted octanol–water partition coefficient (Wildman–Crippen LogP) is 0.790. The molecule has 1 fully saturated rings. The number of nitrogens with zero attached hydrogens (tertiary/aromatic N) is 3. The quantitative estimate of drug-likeness (QED) is 0.867. The topological polar surface area (TPSA) is 101 Å². The molecule has 3 heterocycles. The third-order valence-electron chi connectivity index (χ3n) is 4.35. The number of carboxylic acids is 1. The Labute approximate surface area is 131 Å². The highest BCUT2D eigenvalue weighted by Crippen LogP contribution is 2.28. The third kappa shape index (κ3) is 2.26. The van der Waals surface area contributed by atoms with Crippen LogP contribution in [0.1, 0.15) is 24.2 Å². The number of aromatic nitrogens is 2. The van der Waals surface area contributed by atoms with Crippen LogP contribution in [0.2, 0.25) is 0 Å². The van der Waals surface area contributed by atoms with E-state index >= 15 is 0 Å². The average molecular weight is 320 g/mol. The summed E-state index contributed by atoms with van der Waals surface area (Å²) in [7, 11) is 0. The summed E-state index contributed by atoms with van der Waals surface area (Å²) in [5, 5.41) is 9.08. The largest absolute Gasteiger partial charge is 0.477 e. The zero-order valence-corrected chi connectivity index (χ0v) is 12.8. The number of carboxylic acid groups (broad SMARTS) is 1. The average Bonchev–Trinajstić information content (AvgIpc) is 2.52. The molecule has 3 N–H and O–H groups in total. The first-order chi connectivity index (χ1) is 10.8. The molecule has 0 radical (unpaired) electrons. The van der Waals surface area contributed by atoms with Crippen molar-refractivity contribution < 1.29 is 14.3 Å². The Kier molecular flexibility index (Phi) is 3.56. The van der Waals surface area contributed by atoms with Crippen molar-refractivity contribution in [1.82, 2.24) is 9.55 Å². The van der Waals surface area contributed by atoms with Gasteiger partial charge in [-0.15, -0.1) is 0 Å². The molecule has 2 aromatic rings. The number of anilines is 1. The Morgan fingerprint density at radius 3 is 2.78 bits per heavy atom. The van der Waals surface area contributed by atoms with Gasteiger partial charge >= 0.3 is 5.97 Å². The van der Waals surface area contributed by atoms with Crippen molar-refractivity contribution >= 4 is 22.8 Å². The summed E-state index contributed by atoms with van der Waals surface area (Å²) in [4.78, 5) is 29.4. The molecule has 0 amide bonds. The fourth-order valence-corrected chi connectivity index (χ4v) is 2.79. The predicted molar refractivity (Wildman–Crippen MR) is 83.4 cm³/mol. The van der Waals surface area contributed by atoms with Crippen LogP contribution in [-0.4, -0.2) is 39.3 Å². The molecule has 122 valence electrons. The summed E-state index contributed by atoms with van der Waals surface area (Å²) in [6, 6.07) is 0.971. The van der Waals surface area contributed by atoms with Gasteiger partial charge in [0.15, 0.2) is 11.6 Å². The summed E-state index contributed by atoms with van der Waals surface area (Å²) < 4.78 is 15.9. The lowest BCUT2D eigenvalue weighted by Gasteiger charge is -2.45. The van der Waals surface area contributed by atoms with Crippen LogP contribution in [0.5, 0.6) is 0 Å². The molecule has 2 unspecified atom stereocenters. The lowest BCUT2D eigenvalue weighted by molar-refractivity contribution is 0.0695. The monoisotopic (exact) mass is 320 g/mol. The molecule has 1 saturated heterocycles. The highest BCUT2D eigenvalue weighted by Gasteiger charge is 2.35. The van der Waals surface area contributed by atoms with Crippen LogP contribution in [0, 0.1) is 5.82 Å². The van der Waals surface area contributed by atoms with Crippen LogP contribution in [0.25, 0.3) is 11.0 Å². The van der Waals surface area contributed by atoms with Crippen molar-refractivity contribution in [3.05, 3.63) is 33.9 Å². The first kappa shape index (κ1) is 15.4. The molecule has 8 heteroatoms. The van der Waals surface area contributed by atoms with E-state index in [-0.39, 0.29) is 28.9 Å². The smallest absolute Gasteiger partial charge is 0.341 e. The maximum Gasteiger partial charge on any atom is 0.341 e. The zero-order chi connectivity index (χ0) is 16.9. The third-order valence-corrected chi connectivity index (χ3v) is 4.35. The van der Waals surface area contributed by atoms with E-state index in [4.69, 9.17) is 10.8 Å².